The highest BCUT2D eigenvalue weighted by Crippen LogP contribution is 2.30. The Kier molecular flexibility index (Phi) is 6.24. The summed E-state index contributed by atoms with van der Waals surface area (Å²) in [5.41, 5.74) is 4.75. The van der Waals surface area contributed by atoms with Gasteiger partial charge < -0.3 is 14.9 Å². The third kappa shape index (κ3) is 4.38. The number of β-amino-alcohol motifs (C(OH)–C–C–N with tert-alkyl or cyclic N) is 2. The van der Waals surface area contributed by atoms with Crippen LogP contribution < -0.4 is 0 Å². The molecular formula is C25H30N2O6S. The van der Waals surface area contributed by atoms with Gasteiger partial charge in [-0.15, -0.1) is 0 Å². The molecule has 0 aliphatic carbocycles. The fourth-order valence-electron chi connectivity index (χ4n) is 5.24. The van der Waals surface area contributed by atoms with Crippen molar-refractivity contribution in [1.29, 1.82) is 0 Å². The molecule has 2 atom stereocenters. The minimum atomic E-state index is -3.16. The Morgan fingerprint density at radius 1 is 1.00 bits per heavy atom. The molecule has 1 fully saturated rings. The molecule has 3 aliphatic heterocycles. The summed E-state index contributed by atoms with van der Waals surface area (Å²) in [5.74, 6) is -0.158. The monoisotopic (exact) mass is 486 g/mol. The van der Waals surface area contributed by atoms with Gasteiger partial charge in [0.2, 0.25) is 0 Å². The second-order valence-electron chi connectivity index (χ2n) is 9.45. The molecule has 182 valence electrons. The Balaban J connectivity index is 1.15. The maximum absolute atomic E-state index is 12.0. The Morgan fingerprint density at radius 3 is 2.38 bits per heavy atom. The van der Waals surface area contributed by atoms with Gasteiger partial charge in [-0.2, -0.15) is 0 Å². The van der Waals surface area contributed by atoms with Crippen molar-refractivity contribution in [2.75, 3.05) is 45.0 Å². The second kappa shape index (κ2) is 9.05. The van der Waals surface area contributed by atoms with Crippen LogP contribution in [0.4, 0.5) is 0 Å². The highest BCUT2D eigenvalue weighted by atomic mass is 32.2. The summed E-state index contributed by atoms with van der Waals surface area (Å²) >= 11 is 0. The molecule has 0 radical (unpaired) electrons. The number of hydrogen-bond acceptors (Lipinski definition) is 8. The number of fused-ring (bicyclic) bond motifs is 2. The van der Waals surface area contributed by atoms with E-state index >= 15 is 0 Å². The average Bonchev–Trinajstić information content (AvgIpc) is 3.34. The highest BCUT2D eigenvalue weighted by molar-refractivity contribution is 7.91. The van der Waals surface area contributed by atoms with Crippen LogP contribution in [0.15, 0.2) is 35.2 Å². The number of hydrogen-bond donors (Lipinski definition) is 2. The molecule has 0 saturated carbocycles. The van der Waals surface area contributed by atoms with Crippen LogP contribution >= 0.6 is 0 Å². The molecule has 0 spiro atoms. The number of carbonyl (C=O) groups excluding carboxylic acids is 1. The molecule has 0 aromatic heterocycles. The van der Waals surface area contributed by atoms with E-state index < -0.39 is 22.0 Å². The number of rotatable bonds is 6. The van der Waals surface area contributed by atoms with Crippen molar-refractivity contribution in [2.24, 2.45) is 0 Å². The van der Waals surface area contributed by atoms with Gasteiger partial charge in [0.25, 0.3) is 0 Å². The van der Waals surface area contributed by atoms with Gasteiger partial charge in [0, 0.05) is 44.8 Å². The number of aliphatic hydroxyl groups is 2. The summed E-state index contributed by atoms with van der Waals surface area (Å²) in [6.07, 6.45) is -0.822. The number of ether oxygens (including phenoxy) is 1. The zero-order valence-electron chi connectivity index (χ0n) is 19.2. The standard InChI is InChI=1S/C25H30N2O6S/c1-16-19(3-4-20-21(16)15-33-25(20)30)23(29)14-27-9-7-26(8-10-27)13-22(28)17-2-5-24-18(12-17)6-11-34(24,31)32/h2-5,12,22-23,28-29H,6-11,13-15H2,1H3. The molecule has 0 bridgehead atoms. The van der Waals surface area contributed by atoms with E-state index in [0.29, 0.717) is 30.0 Å². The number of nitrogens with zero attached hydrogens (tertiary/aromatic N) is 2. The van der Waals surface area contributed by atoms with Gasteiger partial charge in [0.15, 0.2) is 9.84 Å². The zero-order valence-corrected chi connectivity index (χ0v) is 20.1. The van der Waals surface area contributed by atoms with Crippen molar-refractivity contribution >= 4 is 15.8 Å². The van der Waals surface area contributed by atoms with E-state index in [-0.39, 0.29) is 18.3 Å². The Hall–Kier alpha value is -2.30. The predicted octanol–water partition coefficient (Wildman–Crippen LogP) is 1.38. The summed E-state index contributed by atoms with van der Waals surface area (Å²) in [6, 6.07) is 8.73. The van der Waals surface area contributed by atoms with Gasteiger partial charge in [0.05, 0.1) is 28.4 Å². The fourth-order valence-corrected chi connectivity index (χ4v) is 6.78. The van der Waals surface area contributed by atoms with Crippen LogP contribution in [0.25, 0.3) is 0 Å². The molecule has 2 N–H and O–H groups in total. The van der Waals surface area contributed by atoms with Crippen molar-refractivity contribution < 1.29 is 28.2 Å². The van der Waals surface area contributed by atoms with Crippen LogP contribution in [0.3, 0.4) is 0 Å². The number of cyclic esters (lactones) is 1. The van der Waals surface area contributed by atoms with Crippen molar-refractivity contribution in [3.05, 3.63) is 63.7 Å². The number of sulfone groups is 1. The van der Waals surface area contributed by atoms with Crippen molar-refractivity contribution in [1.82, 2.24) is 9.80 Å². The lowest BCUT2D eigenvalue weighted by molar-refractivity contribution is 0.0480. The predicted molar refractivity (Wildman–Crippen MR) is 125 cm³/mol. The number of esters is 1. The van der Waals surface area contributed by atoms with Crippen LogP contribution in [0, 0.1) is 6.92 Å². The molecule has 2 aromatic rings. The third-order valence-corrected chi connectivity index (χ3v) is 9.15. The van der Waals surface area contributed by atoms with E-state index in [4.69, 9.17) is 4.74 Å². The van der Waals surface area contributed by atoms with Crippen LogP contribution in [-0.4, -0.2) is 79.4 Å². The summed E-state index contributed by atoms with van der Waals surface area (Å²) in [4.78, 5) is 16.6. The number of piperazine rings is 1. The zero-order chi connectivity index (χ0) is 24.0. The van der Waals surface area contributed by atoms with Crippen LogP contribution in [0.1, 0.15) is 50.4 Å². The second-order valence-corrected chi connectivity index (χ2v) is 11.5. The maximum atomic E-state index is 12.0. The molecular weight excluding hydrogens is 456 g/mol. The molecule has 34 heavy (non-hydrogen) atoms. The van der Waals surface area contributed by atoms with E-state index in [1.165, 1.54) is 0 Å². The van der Waals surface area contributed by atoms with Gasteiger partial charge in [-0.05, 0) is 47.7 Å². The van der Waals surface area contributed by atoms with Gasteiger partial charge in [-0.25, -0.2) is 13.2 Å². The molecule has 5 rings (SSSR count). The summed E-state index contributed by atoms with van der Waals surface area (Å²) in [5, 5.41) is 21.6. The molecule has 1 saturated heterocycles. The van der Waals surface area contributed by atoms with Gasteiger partial charge in [-0.1, -0.05) is 18.2 Å². The molecule has 3 heterocycles. The summed E-state index contributed by atoms with van der Waals surface area (Å²) in [6.45, 7) is 6.28. The lowest BCUT2D eigenvalue weighted by Gasteiger charge is -2.36. The Bertz CT molecular complexity index is 1220. The largest absolute Gasteiger partial charge is 0.457 e. The topological polar surface area (TPSA) is 107 Å². The van der Waals surface area contributed by atoms with E-state index in [1.54, 1.807) is 18.2 Å². The first-order chi connectivity index (χ1) is 16.2. The minimum absolute atomic E-state index is 0.145. The molecule has 9 heteroatoms. The smallest absolute Gasteiger partial charge is 0.338 e. The first kappa shape index (κ1) is 23.4. The van der Waals surface area contributed by atoms with Crippen LogP contribution in [0.5, 0.6) is 0 Å². The third-order valence-electron chi connectivity index (χ3n) is 7.34. The number of benzene rings is 2. The van der Waals surface area contributed by atoms with Crippen LogP contribution in [-0.2, 0) is 27.6 Å². The quantitative estimate of drug-likeness (QED) is 0.590. The van der Waals surface area contributed by atoms with Gasteiger partial charge in [-0.3, -0.25) is 9.80 Å². The van der Waals surface area contributed by atoms with Crippen LogP contribution in [0.2, 0.25) is 0 Å². The molecule has 8 nitrogen and oxygen atoms in total. The van der Waals surface area contributed by atoms with Crippen molar-refractivity contribution in [2.45, 2.75) is 37.1 Å². The molecule has 2 unspecified atom stereocenters. The van der Waals surface area contributed by atoms with E-state index in [0.717, 1.165) is 54.0 Å². The molecule has 0 amide bonds. The summed E-state index contributed by atoms with van der Waals surface area (Å²) < 4.78 is 29.1. The lowest BCUT2D eigenvalue weighted by atomic mass is 9.95. The number of aryl methyl sites for hydroxylation is 1. The average molecular weight is 487 g/mol. The SMILES string of the molecule is Cc1c(C(O)CN2CCN(CC(O)c3ccc4c(c3)CCS4(=O)=O)CC2)ccc2c1COC2=O. The van der Waals surface area contributed by atoms with E-state index in [9.17, 15) is 23.4 Å². The number of carbonyl (C=O) groups is 1. The molecule has 2 aromatic carbocycles. The summed E-state index contributed by atoms with van der Waals surface area (Å²) in [7, 11) is -3.16. The van der Waals surface area contributed by atoms with Gasteiger partial charge in [0.1, 0.15) is 6.61 Å². The van der Waals surface area contributed by atoms with E-state index in [2.05, 4.69) is 9.80 Å². The van der Waals surface area contributed by atoms with E-state index in [1.807, 2.05) is 19.1 Å². The normalized spacial score (nSPS) is 21.7. The first-order valence-corrected chi connectivity index (χ1v) is 13.3. The van der Waals surface area contributed by atoms with Crippen molar-refractivity contribution in [3.63, 3.8) is 0 Å². The van der Waals surface area contributed by atoms with Gasteiger partial charge >= 0.3 is 5.97 Å². The minimum Gasteiger partial charge on any atom is -0.457 e. The highest BCUT2D eigenvalue weighted by Gasteiger charge is 2.29. The number of aliphatic hydroxyl groups excluding tert-OH is 2. The lowest BCUT2D eigenvalue weighted by Crippen LogP contribution is -2.48. The first-order valence-electron chi connectivity index (χ1n) is 11.7. The maximum Gasteiger partial charge on any atom is 0.338 e. The van der Waals surface area contributed by atoms with Crippen molar-refractivity contribution in [3.8, 4) is 0 Å². The molecule has 3 aliphatic rings. The fraction of sp³-hybridized carbons (Fsp3) is 0.480. The Labute approximate surface area is 199 Å². The Morgan fingerprint density at radius 2 is 1.68 bits per heavy atom.